The summed E-state index contributed by atoms with van der Waals surface area (Å²) in [6.07, 6.45) is 0.596. The molecule has 0 aromatic heterocycles. The standard InChI is InChI=1S/C14H23NO3S/c1-10-9-13(16)11(2)8-12(10)15-19(17,18)7-6-14(3,4)5/h8-9,15-16H,6-7H2,1-5H3. The summed E-state index contributed by atoms with van der Waals surface area (Å²) in [5.74, 6) is 0.269. The fourth-order valence-electron chi connectivity index (χ4n) is 1.57. The molecule has 108 valence electrons. The van der Waals surface area contributed by atoms with Gasteiger partial charge in [0, 0.05) is 0 Å². The summed E-state index contributed by atoms with van der Waals surface area (Å²) in [6, 6.07) is 3.22. The molecular formula is C14H23NO3S. The first-order valence-corrected chi connectivity index (χ1v) is 7.96. The molecule has 4 nitrogen and oxygen atoms in total. The summed E-state index contributed by atoms with van der Waals surface area (Å²) in [5, 5.41) is 9.56. The van der Waals surface area contributed by atoms with E-state index in [0.717, 1.165) is 0 Å². The van der Waals surface area contributed by atoms with Crippen molar-refractivity contribution >= 4 is 15.7 Å². The second-order valence-electron chi connectivity index (χ2n) is 6.19. The average molecular weight is 285 g/mol. The van der Waals surface area contributed by atoms with Crippen molar-refractivity contribution in [1.29, 1.82) is 0 Å². The van der Waals surface area contributed by atoms with Gasteiger partial charge in [-0.05, 0) is 48.9 Å². The molecule has 0 bridgehead atoms. The molecule has 0 saturated heterocycles. The summed E-state index contributed by atoms with van der Waals surface area (Å²) >= 11 is 0. The maximum atomic E-state index is 12.0. The van der Waals surface area contributed by atoms with Gasteiger partial charge in [-0.1, -0.05) is 20.8 Å². The van der Waals surface area contributed by atoms with Crippen LogP contribution in [0, 0.1) is 19.3 Å². The average Bonchev–Trinajstić information content (AvgIpc) is 2.22. The summed E-state index contributed by atoms with van der Waals surface area (Å²) < 4.78 is 26.6. The number of aromatic hydroxyl groups is 1. The fourth-order valence-corrected chi connectivity index (χ4v) is 3.11. The van der Waals surface area contributed by atoms with Gasteiger partial charge in [-0.3, -0.25) is 4.72 Å². The van der Waals surface area contributed by atoms with Gasteiger partial charge < -0.3 is 5.11 Å². The van der Waals surface area contributed by atoms with Crippen molar-refractivity contribution < 1.29 is 13.5 Å². The number of anilines is 1. The smallest absolute Gasteiger partial charge is 0.232 e. The summed E-state index contributed by atoms with van der Waals surface area (Å²) in [6.45, 7) is 9.54. The predicted octanol–water partition coefficient (Wildman–Crippen LogP) is 3.19. The van der Waals surface area contributed by atoms with Crippen LogP contribution in [-0.4, -0.2) is 19.3 Å². The van der Waals surface area contributed by atoms with Crippen LogP contribution in [0.1, 0.15) is 38.3 Å². The molecule has 0 aliphatic heterocycles. The largest absolute Gasteiger partial charge is 0.508 e. The maximum Gasteiger partial charge on any atom is 0.232 e. The normalized spacial score (nSPS) is 12.5. The van der Waals surface area contributed by atoms with Crippen molar-refractivity contribution in [3.8, 4) is 5.75 Å². The van der Waals surface area contributed by atoms with Crippen molar-refractivity contribution in [1.82, 2.24) is 0 Å². The Morgan fingerprint density at radius 1 is 1.16 bits per heavy atom. The molecule has 1 rings (SSSR count). The van der Waals surface area contributed by atoms with Crippen molar-refractivity contribution in [3.05, 3.63) is 23.3 Å². The number of rotatable bonds is 4. The van der Waals surface area contributed by atoms with Gasteiger partial charge in [-0.15, -0.1) is 0 Å². The van der Waals surface area contributed by atoms with Crippen molar-refractivity contribution in [3.63, 3.8) is 0 Å². The first-order chi connectivity index (χ1) is 8.50. The highest BCUT2D eigenvalue weighted by molar-refractivity contribution is 7.92. The van der Waals surface area contributed by atoms with Gasteiger partial charge in [0.2, 0.25) is 10.0 Å². The molecule has 0 aliphatic carbocycles. The van der Waals surface area contributed by atoms with E-state index in [1.807, 2.05) is 20.8 Å². The zero-order chi connectivity index (χ0) is 14.8. The highest BCUT2D eigenvalue weighted by Crippen LogP contribution is 2.26. The third-order valence-electron chi connectivity index (χ3n) is 2.93. The Kier molecular flexibility index (Phi) is 4.50. The summed E-state index contributed by atoms with van der Waals surface area (Å²) in [4.78, 5) is 0. The molecule has 0 radical (unpaired) electrons. The molecule has 0 saturated carbocycles. The molecule has 1 aromatic carbocycles. The van der Waals surface area contributed by atoms with Crippen LogP contribution in [0.3, 0.4) is 0 Å². The molecule has 0 spiro atoms. The van der Waals surface area contributed by atoms with E-state index in [1.165, 1.54) is 0 Å². The van der Waals surface area contributed by atoms with Crippen LogP contribution in [0.5, 0.6) is 5.75 Å². The number of sulfonamides is 1. The van der Waals surface area contributed by atoms with Crippen molar-refractivity contribution in [2.24, 2.45) is 5.41 Å². The Morgan fingerprint density at radius 2 is 1.74 bits per heavy atom. The molecule has 2 N–H and O–H groups in total. The Morgan fingerprint density at radius 3 is 2.26 bits per heavy atom. The van der Waals surface area contributed by atoms with Crippen LogP contribution >= 0.6 is 0 Å². The summed E-state index contributed by atoms with van der Waals surface area (Å²) in [7, 11) is -3.35. The van der Waals surface area contributed by atoms with E-state index in [9.17, 15) is 13.5 Å². The lowest BCUT2D eigenvalue weighted by atomic mass is 9.94. The van der Waals surface area contributed by atoms with Gasteiger partial charge >= 0.3 is 0 Å². The highest BCUT2D eigenvalue weighted by atomic mass is 32.2. The number of phenolic OH excluding ortho intramolecular Hbond substituents is 1. The predicted molar refractivity (Wildman–Crippen MR) is 79.1 cm³/mol. The SMILES string of the molecule is Cc1cc(NS(=O)(=O)CCC(C)(C)C)c(C)cc1O. The van der Waals surface area contributed by atoms with Crippen molar-refractivity contribution in [2.45, 2.75) is 41.0 Å². The number of aryl methyl sites for hydroxylation is 2. The monoisotopic (exact) mass is 285 g/mol. The lowest BCUT2D eigenvalue weighted by molar-refractivity contribution is 0.397. The van der Waals surface area contributed by atoms with Gasteiger partial charge in [0.05, 0.1) is 11.4 Å². The minimum atomic E-state index is -3.35. The highest BCUT2D eigenvalue weighted by Gasteiger charge is 2.18. The molecule has 0 unspecified atom stereocenters. The quantitative estimate of drug-likeness (QED) is 0.835. The second-order valence-corrected chi connectivity index (χ2v) is 8.03. The number of hydrogen-bond donors (Lipinski definition) is 2. The van der Waals surface area contributed by atoms with E-state index in [4.69, 9.17) is 0 Å². The zero-order valence-corrected chi connectivity index (χ0v) is 13.1. The Bertz CT molecular complexity index is 557. The second kappa shape index (κ2) is 5.41. The Balaban J connectivity index is 2.87. The van der Waals surface area contributed by atoms with Gasteiger partial charge in [-0.25, -0.2) is 8.42 Å². The molecule has 19 heavy (non-hydrogen) atoms. The Labute approximate surface area is 115 Å². The minimum absolute atomic E-state index is 0.0192. The molecule has 0 atom stereocenters. The third kappa shape index (κ3) is 5.11. The molecule has 0 fully saturated rings. The molecule has 5 heteroatoms. The fraction of sp³-hybridized carbons (Fsp3) is 0.571. The number of hydrogen-bond acceptors (Lipinski definition) is 3. The number of benzene rings is 1. The van der Waals surface area contributed by atoms with Crippen LogP contribution in [0.15, 0.2) is 12.1 Å². The van der Waals surface area contributed by atoms with Gasteiger partial charge in [-0.2, -0.15) is 0 Å². The molecule has 1 aromatic rings. The lowest BCUT2D eigenvalue weighted by Gasteiger charge is -2.18. The molecular weight excluding hydrogens is 262 g/mol. The third-order valence-corrected chi connectivity index (χ3v) is 4.20. The zero-order valence-electron chi connectivity index (χ0n) is 12.2. The van der Waals surface area contributed by atoms with Gasteiger partial charge in [0.25, 0.3) is 0 Å². The van der Waals surface area contributed by atoms with E-state index >= 15 is 0 Å². The minimum Gasteiger partial charge on any atom is -0.508 e. The van der Waals surface area contributed by atoms with Crippen molar-refractivity contribution in [2.75, 3.05) is 10.5 Å². The number of phenols is 1. The van der Waals surface area contributed by atoms with Crippen LogP contribution in [-0.2, 0) is 10.0 Å². The first kappa shape index (κ1) is 15.8. The van der Waals surface area contributed by atoms with E-state index in [0.29, 0.717) is 23.2 Å². The van der Waals surface area contributed by atoms with E-state index in [1.54, 1.807) is 26.0 Å². The van der Waals surface area contributed by atoms with Crippen LogP contribution < -0.4 is 4.72 Å². The van der Waals surface area contributed by atoms with Crippen LogP contribution in [0.25, 0.3) is 0 Å². The molecule has 0 amide bonds. The van der Waals surface area contributed by atoms with Crippen LogP contribution in [0.4, 0.5) is 5.69 Å². The van der Waals surface area contributed by atoms with Gasteiger partial charge in [0.1, 0.15) is 5.75 Å². The van der Waals surface area contributed by atoms with E-state index < -0.39 is 10.0 Å². The summed E-state index contributed by atoms with van der Waals surface area (Å²) in [5.41, 5.74) is 1.88. The topological polar surface area (TPSA) is 66.4 Å². The molecule has 0 aliphatic rings. The van der Waals surface area contributed by atoms with Crippen LogP contribution in [0.2, 0.25) is 0 Å². The maximum absolute atomic E-state index is 12.0. The number of nitrogens with one attached hydrogen (secondary N) is 1. The van der Waals surface area contributed by atoms with E-state index in [2.05, 4.69) is 4.72 Å². The lowest BCUT2D eigenvalue weighted by Crippen LogP contribution is -2.21. The first-order valence-electron chi connectivity index (χ1n) is 6.31. The molecule has 0 heterocycles. The Hall–Kier alpha value is -1.23. The van der Waals surface area contributed by atoms with E-state index in [-0.39, 0.29) is 16.9 Å². The van der Waals surface area contributed by atoms with Gasteiger partial charge in [0.15, 0.2) is 0 Å².